The Morgan fingerprint density at radius 3 is 2.64 bits per heavy atom. The van der Waals surface area contributed by atoms with Gasteiger partial charge in [0.05, 0.1) is 0 Å². The summed E-state index contributed by atoms with van der Waals surface area (Å²) in [4.78, 5) is 0. The van der Waals surface area contributed by atoms with Crippen LogP contribution in [0.5, 0.6) is 0 Å². The molecule has 0 aliphatic carbocycles. The summed E-state index contributed by atoms with van der Waals surface area (Å²) in [5.41, 5.74) is 4.26. The van der Waals surface area contributed by atoms with E-state index in [1.807, 2.05) is 11.8 Å². The predicted molar refractivity (Wildman–Crippen MR) is 101 cm³/mol. The van der Waals surface area contributed by atoms with Crippen molar-refractivity contribution in [3.8, 4) is 0 Å². The maximum atomic E-state index is 2.56. The number of nitrogens with zero attached hydrogens (tertiary/aromatic N) is 2. The molecule has 0 radical (unpaired) electrons. The lowest BCUT2D eigenvalue weighted by molar-refractivity contribution is -0.701. The van der Waals surface area contributed by atoms with Crippen molar-refractivity contribution < 1.29 is 4.57 Å². The van der Waals surface area contributed by atoms with Gasteiger partial charge in [-0.15, -0.1) is 0 Å². The molecule has 0 saturated carbocycles. The Kier molecular flexibility index (Phi) is 3.69. The zero-order chi connectivity index (χ0) is 15.2. The molecule has 1 aliphatic rings. The Balaban J connectivity index is 1.93. The number of imidazole rings is 1. The van der Waals surface area contributed by atoms with E-state index in [1.54, 1.807) is 0 Å². The number of aromatic nitrogens is 2. The maximum absolute atomic E-state index is 2.56. The number of rotatable bonds is 3. The third-order valence-electron chi connectivity index (χ3n) is 4.36. The van der Waals surface area contributed by atoms with Crippen molar-refractivity contribution in [3.05, 3.63) is 60.2 Å². The number of alkyl halides is 1. The Morgan fingerprint density at radius 2 is 1.86 bits per heavy atom. The summed E-state index contributed by atoms with van der Waals surface area (Å²) in [6.07, 6.45) is 0. The van der Waals surface area contributed by atoms with E-state index in [4.69, 9.17) is 0 Å². The monoisotopic (exact) mass is 421 g/mol. The molecule has 1 aromatic heterocycles. The lowest BCUT2D eigenvalue weighted by Crippen LogP contribution is -2.36. The molecule has 22 heavy (non-hydrogen) atoms. The smallest absolute Gasteiger partial charge is 0.213 e. The number of fused-ring (bicyclic) bond motifs is 3. The molecule has 0 bridgehead atoms. The van der Waals surface area contributed by atoms with Gasteiger partial charge in [0.2, 0.25) is 0 Å². The van der Waals surface area contributed by atoms with Crippen LogP contribution >= 0.6 is 34.4 Å². The molecule has 2 heterocycles. The number of hydrogen-bond donors (Lipinski definition) is 0. The largest absolute Gasteiger partial charge is 0.319 e. The quantitative estimate of drug-likeness (QED) is 0.349. The molecule has 2 nitrogen and oxygen atoms in total. The molecule has 4 heteroatoms. The minimum atomic E-state index is 0.210. The van der Waals surface area contributed by atoms with Gasteiger partial charge in [-0.1, -0.05) is 65.1 Å². The molecule has 1 atom stereocenters. The Morgan fingerprint density at radius 1 is 1.14 bits per heavy atom. The Hall–Kier alpha value is -1.01. The van der Waals surface area contributed by atoms with Crippen LogP contribution in [0.2, 0.25) is 0 Å². The summed E-state index contributed by atoms with van der Waals surface area (Å²) >= 11 is 4.52. The molecule has 0 spiro atoms. The molecular formula is C18H18IN2S+. The third-order valence-corrected chi connectivity index (χ3v) is 7.43. The summed E-state index contributed by atoms with van der Waals surface area (Å²) in [7, 11) is 0. The van der Waals surface area contributed by atoms with E-state index >= 15 is 0 Å². The van der Waals surface area contributed by atoms with E-state index in [1.165, 1.54) is 21.8 Å². The number of hydrogen-bond acceptors (Lipinski definition) is 1. The second kappa shape index (κ2) is 5.57. The molecule has 0 unspecified atom stereocenters. The van der Waals surface area contributed by atoms with Gasteiger partial charge in [0.15, 0.2) is 11.0 Å². The van der Waals surface area contributed by atoms with Crippen molar-refractivity contribution in [2.75, 3.05) is 10.2 Å². The topological polar surface area (TPSA) is 8.81 Å². The van der Waals surface area contributed by atoms with Gasteiger partial charge in [-0.3, -0.25) is 0 Å². The van der Waals surface area contributed by atoms with E-state index in [9.17, 15) is 0 Å². The summed E-state index contributed by atoms with van der Waals surface area (Å²) in [6, 6.07) is 19.6. The Bertz CT molecular complexity index is 828. The lowest BCUT2D eigenvalue weighted by Gasteiger charge is -2.17. The zero-order valence-corrected chi connectivity index (χ0v) is 15.5. The van der Waals surface area contributed by atoms with Gasteiger partial charge in [-0.2, -0.15) is 0 Å². The second-order valence-corrected chi connectivity index (χ2v) is 7.80. The van der Waals surface area contributed by atoms with Crippen molar-refractivity contribution >= 4 is 45.4 Å². The van der Waals surface area contributed by atoms with Crippen molar-refractivity contribution in [1.82, 2.24) is 4.57 Å². The third kappa shape index (κ3) is 2.19. The fourth-order valence-electron chi connectivity index (χ4n) is 3.17. The second-order valence-electron chi connectivity index (χ2n) is 6.10. The van der Waals surface area contributed by atoms with Crippen LogP contribution in [-0.4, -0.2) is 14.7 Å². The van der Waals surface area contributed by atoms with Gasteiger partial charge >= 0.3 is 5.16 Å². The van der Waals surface area contributed by atoms with Crippen LogP contribution in [0.3, 0.4) is 0 Å². The van der Waals surface area contributed by atoms with Crippen LogP contribution in [0.4, 0.5) is 0 Å². The molecule has 0 amide bonds. The SMILES string of the molecule is C[C@@]1(CI)CSc2n1c1ccccc1[n+]2Cc1ccccc1. The first-order chi connectivity index (χ1) is 10.7. The van der Waals surface area contributed by atoms with Gasteiger partial charge in [-0.25, -0.2) is 9.13 Å². The number of benzene rings is 2. The molecule has 112 valence electrons. The lowest BCUT2D eigenvalue weighted by atomic mass is 10.1. The number of thioether (sulfide) groups is 1. The van der Waals surface area contributed by atoms with Crippen LogP contribution in [0.15, 0.2) is 59.8 Å². The van der Waals surface area contributed by atoms with Crippen molar-refractivity contribution in [3.63, 3.8) is 0 Å². The number of para-hydroxylation sites is 2. The van der Waals surface area contributed by atoms with Gasteiger partial charge in [0.25, 0.3) is 0 Å². The molecule has 0 saturated heterocycles. The minimum absolute atomic E-state index is 0.210. The summed E-state index contributed by atoms with van der Waals surface area (Å²) < 4.78 is 6.17. The van der Waals surface area contributed by atoms with Gasteiger partial charge in [0.1, 0.15) is 12.1 Å². The first-order valence-corrected chi connectivity index (χ1v) is 10.0. The molecule has 2 aromatic carbocycles. The molecular weight excluding hydrogens is 403 g/mol. The highest BCUT2D eigenvalue weighted by atomic mass is 127. The first kappa shape index (κ1) is 14.6. The molecule has 0 fully saturated rings. The summed E-state index contributed by atoms with van der Waals surface area (Å²) in [6.45, 7) is 3.32. The first-order valence-electron chi connectivity index (χ1n) is 7.49. The Labute approximate surface area is 148 Å². The van der Waals surface area contributed by atoms with E-state index in [0.717, 1.165) is 16.7 Å². The molecule has 0 N–H and O–H groups in total. The normalized spacial score (nSPS) is 20.5. The van der Waals surface area contributed by atoms with Gasteiger partial charge < -0.3 is 0 Å². The van der Waals surface area contributed by atoms with Crippen LogP contribution in [0.1, 0.15) is 12.5 Å². The fraction of sp³-hybridized carbons (Fsp3) is 0.278. The van der Waals surface area contributed by atoms with Crippen LogP contribution in [0, 0.1) is 0 Å². The van der Waals surface area contributed by atoms with E-state index in [-0.39, 0.29) is 5.54 Å². The van der Waals surface area contributed by atoms with Crippen molar-refractivity contribution in [1.29, 1.82) is 0 Å². The molecule has 3 aromatic rings. The van der Waals surface area contributed by atoms with Gasteiger partial charge in [0, 0.05) is 10.2 Å². The minimum Gasteiger partial charge on any atom is -0.213 e. The van der Waals surface area contributed by atoms with E-state index < -0.39 is 0 Å². The molecule has 1 aliphatic heterocycles. The highest BCUT2D eigenvalue weighted by Crippen LogP contribution is 2.40. The number of halogens is 1. The summed E-state index contributed by atoms with van der Waals surface area (Å²) in [5.74, 6) is 1.16. The zero-order valence-electron chi connectivity index (χ0n) is 12.5. The maximum Gasteiger partial charge on any atom is 0.319 e. The fourth-order valence-corrected chi connectivity index (χ4v) is 5.59. The van der Waals surface area contributed by atoms with Crippen LogP contribution in [-0.2, 0) is 12.1 Å². The summed E-state index contributed by atoms with van der Waals surface area (Å²) in [5, 5.41) is 1.39. The average molecular weight is 421 g/mol. The van der Waals surface area contributed by atoms with E-state index in [0.29, 0.717) is 0 Å². The van der Waals surface area contributed by atoms with Crippen molar-refractivity contribution in [2.45, 2.75) is 24.2 Å². The van der Waals surface area contributed by atoms with E-state index in [2.05, 4.69) is 93.2 Å². The highest BCUT2D eigenvalue weighted by Gasteiger charge is 2.44. The highest BCUT2D eigenvalue weighted by molar-refractivity contribution is 14.1. The van der Waals surface area contributed by atoms with Gasteiger partial charge in [-0.05, 0) is 36.4 Å². The molecule has 4 rings (SSSR count). The van der Waals surface area contributed by atoms with Crippen LogP contribution in [0.25, 0.3) is 11.0 Å². The van der Waals surface area contributed by atoms with Crippen molar-refractivity contribution in [2.24, 2.45) is 0 Å². The average Bonchev–Trinajstić information content (AvgIpc) is 3.07. The standard InChI is InChI=1S/C18H18IN2S/c1-18(12-19)13-22-17-20(11-14-7-3-2-4-8-14)15-9-5-6-10-16(15)21(17)18/h2-10H,11-13H2,1H3/q+1/t18-/m1/s1. The predicted octanol–water partition coefficient (Wildman–Crippen LogP) is 4.23. The van der Waals surface area contributed by atoms with Crippen LogP contribution < -0.4 is 4.57 Å².